The summed E-state index contributed by atoms with van der Waals surface area (Å²) in [4.78, 5) is 11.9. The van der Waals surface area contributed by atoms with Gasteiger partial charge in [-0.15, -0.1) is 11.8 Å². The number of rotatable bonds is 6. The van der Waals surface area contributed by atoms with Gasteiger partial charge in [-0.05, 0) is 43.2 Å². The summed E-state index contributed by atoms with van der Waals surface area (Å²) in [6.07, 6.45) is 0. The molecule has 2 unspecified atom stereocenters. The lowest BCUT2D eigenvalue weighted by Crippen LogP contribution is -2.23. The SMILES string of the molecule is Cc1ccc(NC(=O)C(C)SCC(C)CO)cc1F. The molecule has 0 heterocycles. The number of benzene rings is 1. The van der Waals surface area contributed by atoms with Gasteiger partial charge in [0.1, 0.15) is 5.82 Å². The van der Waals surface area contributed by atoms with Gasteiger partial charge in [0, 0.05) is 12.3 Å². The summed E-state index contributed by atoms with van der Waals surface area (Å²) in [5.74, 6) is 0.398. The highest BCUT2D eigenvalue weighted by Gasteiger charge is 2.15. The number of carbonyl (C=O) groups excluding carboxylic acids is 1. The van der Waals surface area contributed by atoms with Gasteiger partial charge in [-0.25, -0.2) is 4.39 Å². The zero-order valence-corrected chi connectivity index (χ0v) is 12.3. The summed E-state index contributed by atoms with van der Waals surface area (Å²) >= 11 is 1.48. The molecule has 1 aromatic rings. The third-order valence-electron chi connectivity index (χ3n) is 2.75. The van der Waals surface area contributed by atoms with Crippen molar-refractivity contribution in [3.63, 3.8) is 0 Å². The molecule has 0 saturated heterocycles. The van der Waals surface area contributed by atoms with Gasteiger partial charge in [-0.1, -0.05) is 13.0 Å². The summed E-state index contributed by atoms with van der Waals surface area (Å²) < 4.78 is 13.3. The maximum absolute atomic E-state index is 13.3. The van der Waals surface area contributed by atoms with Crippen molar-refractivity contribution in [3.8, 4) is 0 Å². The first-order valence-corrected chi connectivity index (χ1v) is 7.28. The molecular weight excluding hydrogens is 265 g/mol. The summed E-state index contributed by atoms with van der Waals surface area (Å²) in [5, 5.41) is 11.4. The number of nitrogens with one attached hydrogen (secondary N) is 1. The fraction of sp³-hybridized carbons (Fsp3) is 0.500. The molecule has 0 aromatic heterocycles. The second-order valence-electron chi connectivity index (χ2n) is 4.72. The zero-order chi connectivity index (χ0) is 14.4. The van der Waals surface area contributed by atoms with E-state index in [1.54, 1.807) is 26.0 Å². The summed E-state index contributed by atoms with van der Waals surface area (Å²) in [7, 11) is 0. The van der Waals surface area contributed by atoms with Crippen LogP contribution in [0.25, 0.3) is 0 Å². The third kappa shape index (κ3) is 5.20. The van der Waals surface area contributed by atoms with Crippen LogP contribution in [0.3, 0.4) is 0 Å². The fourth-order valence-corrected chi connectivity index (χ4v) is 2.28. The third-order valence-corrected chi connectivity index (χ3v) is 4.23. The van der Waals surface area contributed by atoms with Gasteiger partial charge in [0.15, 0.2) is 0 Å². The molecule has 0 aliphatic heterocycles. The minimum absolute atomic E-state index is 0.116. The Kier molecular flexibility index (Phi) is 6.31. The average molecular weight is 285 g/mol. The minimum atomic E-state index is -0.327. The van der Waals surface area contributed by atoms with E-state index >= 15 is 0 Å². The number of amides is 1. The number of thioether (sulfide) groups is 1. The summed E-state index contributed by atoms with van der Waals surface area (Å²) in [5.41, 5.74) is 1.02. The smallest absolute Gasteiger partial charge is 0.237 e. The standard InChI is InChI=1S/C14H20FNO2S/c1-9(7-17)8-19-11(3)14(18)16-12-5-4-10(2)13(15)6-12/h4-6,9,11,17H,7-8H2,1-3H3,(H,16,18). The second-order valence-corrected chi connectivity index (χ2v) is 6.09. The van der Waals surface area contributed by atoms with Gasteiger partial charge in [0.25, 0.3) is 0 Å². The van der Waals surface area contributed by atoms with E-state index in [-0.39, 0.29) is 29.5 Å². The number of carbonyl (C=O) groups is 1. The van der Waals surface area contributed by atoms with E-state index in [9.17, 15) is 9.18 Å². The van der Waals surface area contributed by atoms with Crippen LogP contribution in [0.4, 0.5) is 10.1 Å². The van der Waals surface area contributed by atoms with Gasteiger partial charge < -0.3 is 10.4 Å². The Labute approximate surface area is 117 Å². The molecule has 2 atom stereocenters. The molecule has 1 aromatic carbocycles. The average Bonchev–Trinajstić information content (AvgIpc) is 2.39. The second kappa shape index (κ2) is 7.50. The first kappa shape index (κ1) is 16.0. The lowest BCUT2D eigenvalue weighted by molar-refractivity contribution is -0.115. The molecule has 1 rings (SSSR count). The molecule has 0 radical (unpaired) electrons. The van der Waals surface area contributed by atoms with Crippen molar-refractivity contribution in [2.45, 2.75) is 26.0 Å². The zero-order valence-electron chi connectivity index (χ0n) is 11.4. The highest BCUT2D eigenvalue weighted by molar-refractivity contribution is 8.00. The number of halogens is 1. The van der Waals surface area contributed by atoms with Crippen molar-refractivity contribution in [2.24, 2.45) is 5.92 Å². The Bertz CT molecular complexity index is 439. The lowest BCUT2D eigenvalue weighted by atomic mass is 10.2. The number of hydrogen-bond acceptors (Lipinski definition) is 3. The highest BCUT2D eigenvalue weighted by atomic mass is 32.2. The largest absolute Gasteiger partial charge is 0.396 e. The van der Waals surface area contributed by atoms with Crippen molar-refractivity contribution in [1.82, 2.24) is 0 Å². The van der Waals surface area contributed by atoms with Crippen LogP contribution in [0, 0.1) is 18.7 Å². The van der Waals surface area contributed by atoms with Crippen LogP contribution in [0.15, 0.2) is 18.2 Å². The fourth-order valence-electron chi connectivity index (χ4n) is 1.35. The molecule has 19 heavy (non-hydrogen) atoms. The van der Waals surface area contributed by atoms with Crippen molar-refractivity contribution in [2.75, 3.05) is 17.7 Å². The number of hydrogen-bond donors (Lipinski definition) is 2. The van der Waals surface area contributed by atoms with E-state index in [0.717, 1.165) is 0 Å². The van der Waals surface area contributed by atoms with Crippen LogP contribution in [-0.2, 0) is 4.79 Å². The number of aliphatic hydroxyl groups excluding tert-OH is 1. The Morgan fingerprint density at radius 3 is 2.74 bits per heavy atom. The van der Waals surface area contributed by atoms with Crippen molar-refractivity contribution < 1.29 is 14.3 Å². The van der Waals surface area contributed by atoms with Gasteiger partial charge in [-0.3, -0.25) is 4.79 Å². The van der Waals surface area contributed by atoms with Crippen LogP contribution < -0.4 is 5.32 Å². The van der Waals surface area contributed by atoms with Crippen LogP contribution in [0.2, 0.25) is 0 Å². The van der Waals surface area contributed by atoms with Crippen molar-refractivity contribution in [1.29, 1.82) is 0 Å². The van der Waals surface area contributed by atoms with E-state index in [2.05, 4.69) is 5.32 Å². The van der Waals surface area contributed by atoms with Crippen LogP contribution in [-0.4, -0.2) is 28.6 Å². The molecule has 0 aliphatic rings. The van der Waals surface area contributed by atoms with Crippen LogP contribution in [0.1, 0.15) is 19.4 Å². The van der Waals surface area contributed by atoms with Crippen LogP contribution in [0.5, 0.6) is 0 Å². The molecular formula is C14H20FNO2S. The van der Waals surface area contributed by atoms with E-state index in [1.165, 1.54) is 17.8 Å². The maximum atomic E-state index is 13.3. The van der Waals surface area contributed by atoms with Gasteiger partial charge in [-0.2, -0.15) is 0 Å². The highest BCUT2D eigenvalue weighted by Crippen LogP contribution is 2.18. The monoisotopic (exact) mass is 285 g/mol. The Morgan fingerprint density at radius 1 is 1.47 bits per heavy atom. The van der Waals surface area contributed by atoms with Crippen molar-refractivity contribution >= 4 is 23.4 Å². The Balaban J connectivity index is 2.51. The molecule has 0 saturated carbocycles. The first-order chi connectivity index (χ1) is 8.93. The van der Waals surface area contributed by atoms with E-state index in [1.807, 2.05) is 6.92 Å². The number of anilines is 1. The molecule has 0 spiro atoms. The molecule has 5 heteroatoms. The first-order valence-electron chi connectivity index (χ1n) is 6.23. The summed E-state index contributed by atoms with van der Waals surface area (Å²) in [6.45, 7) is 5.52. The predicted octanol–water partition coefficient (Wildman–Crippen LogP) is 2.82. The van der Waals surface area contributed by atoms with E-state index in [4.69, 9.17) is 5.11 Å². The quantitative estimate of drug-likeness (QED) is 0.845. The molecule has 2 N–H and O–H groups in total. The van der Waals surface area contributed by atoms with Gasteiger partial charge >= 0.3 is 0 Å². The number of aliphatic hydroxyl groups is 1. The van der Waals surface area contributed by atoms with Crippen molar-refractivity contribution in [3.05, 3.63) is 29.6 Å². The van der Waals surface area contributed by atoms with E-state index in [0.29, 0.717) is 17.0 Å². The van der Waals surface area contributed by atoms with Crippen LogP contribution >= 0.6 is 11.8 Å². The topological polar surface area (TPSA) is 49.3 Å². The lowest BCUT2D eigenvalue weighted by Gasteiger charge is -2.14. The van der Waals surface area contributed by atoms with E-state index < -0.39 is 0 Å². The molecule has 3 nitrogen and oxygen atoms in total. The predicted molar refractivity (Wildman–Crippen MR) is 77.9 cm³/mol. The number of aryl methyl sites for hydroxylation is 1. The van der Waals surface area contributed by atoms with Gasteiger partial charge in [0.2, 0.25) is 5.91 Å². The molecule has 0 bridgehead atoms. The molecule has 1 amide bonds. The molecule has 0 fully saturated rings. The molecule has 0 aliphatic carbocycles. The normalized spacial score (nSPS) is 13.9. The Morgan fingerprint density at radius 2 is 2.16 bits per heavy atom. The maximum Gasteiger partial charge on any atom is 0.237 e. The minimum Gasteiger partial charge on any atom is -0.396 e. The summed E-state index contributed by atoms with van der Waals surface area (Å²) in [6, 6.07) is 4.64. The van der Waals surface area contributed by atoms with Gasteiger partial charge in [0.05, 0.1) is 5.25 Å². The Hall–Kier alpha value is -1.07. The molecule has 106 valence electrons.